The molecule has 0 aromatic heterocycles. The summed E-state index contributed by atoms with van der Waals surface area (Å²) in [6, 6.07) is 0. The monoisotopic (exact) mass is 1310 g/mol. The van der Waals surface area contributed by atoms with Crippen LogP contribution in [0.1, 0.15) is 387 Å². The van der Waals surface area contributed by atoms with Gasteiger partial charge in [-0.05, 0) is 128 Å². The molecule has 0 saturated heterocycles. The molecule has 0 unspecified atom stereocenters. The highest BCUT2D eigenvalue weighted by molar-refractivity contribution is 5.70. The second kappa shape index (κ2) is 71.5. The molecule has 0 aromatic rings. The van der Waals surface area contributed by atoms with E-state index in [4.69, 9.17) is 23.7 Å². The Hall–Kier alpha value is -3.28. The summed E-state index contributed by atoms with van der Waals surface area (Å²) in [5.41, 5.74) is -2.64. The third-order valence-corrected chi connectivity index (χ3v) is 18.2. The molecule has 0 saturated carbocycles. The molecule has 0 aliphatic carbocycles. The maximum Gasteiger partial charge on any atom is 0.305 e. The third-order valence-electron chi connectivity index (χ3n) is 18.2. The molecule has 0 spiro atoms. The van der Waals surface area contributed by atoms with Gasteiger partial charge >= 0.3 is 23.9 Å². The Kier molecular flexibility index (Phi) is 69.0. The Morgan fingerprint density at radius 3 is 0.570 bits per heavy atom. The van der Waals surface area contributed by atoms with E-state index in [1.807, 2.05) is 0 Å². The van der Waals surface area contributed by atoms with Crippen molar-refractivity contribution in [2.45, 2.75) is 387 Å². The van der Waals surface area contributed by atoms with Crippen LogP contribution in [-0.2, 0) is 42.9 Å². The average Bonchev–Trinajstić information content (AvgIpc) is 1.22. The quantitative estimate of drug-likeness (QED) is 0.0259. The second-order valence-corrected chi connectivity index (χ2v) is 27.8. The zero-order valence-electron chi connectivity index (χ0n) is 61.4. The van der Waals surface area contributed by atoms with Crippen molar-refractivity contribution in [2.24, 2.45) is 10.8 Å². The molecule has 2 N–H and O–H groups in total. The summed E-state index contributed by atoms with van der Waals surface area (Å²) in [5.74, 6) is -1.59. The van der Waals surface area contributed by atoms with E-state index in [0.717, 1.165) is 154 Å². The van der Waals surface area contributed by atoms with Crippen LogP contribution >= 0.6 is 0 Å². The molecule has 11 heteroatoms. The first-order valence-corrected chi connectivity index (χ1v) is 39.7. The smallest absolute Gasteiger partial charge is 0.305 e. The van der Waals surface area contributed by atoms with Gasteiger partial charge in [0.25, 0.3) is 0 Å². The molecule has 0 radical (unpaired) electrons. The summed E-state index contributed by atoms with van der Waals surface area (Å²) < 4.78 is 29.7. The average molecular weight is 1310 g/mol. The lowest BCUT2D eigenvalue weighted by molar-refractivity contribution is -0.168. The number of carbonyl (C=O) groups excluding carboxylic acids is 4. The minimum absolute atomic E-state index is 0.210. The summed E-state index contributed by atoms with van der Waals surface area (Å²) in [4.78, 5) is 53.1. The molecule has 0 fully saturated rings. The first-order chi connectivity index (χ1) is 45.6. The summed E-state index contributed by atoms with van der Waals surface area (Å²) in [7, 11) is 0. The molecule has 11 nitrogen and oxygen atoms in total. The predicted molar refractivity (Wildman–Crippen MR) is 392 cm³/mol. The lowest BCUT2D eigenvalue weighted by atomic mass is 9.90. The van der Waals surface area contributed by atoms with Crippen molar-refractivity contribution in [1.82, 2.24) is 0 Å². The molecule has 93 heavy (non-hydrogen) atoms. The summed E-state index contributed by atoms with van der Waals surface area (Å²) >= 11 is 0. The van der Waals surface area contributed by atoms with Crippen molar-refractivity contribution in [3.8, 4) is 0 Å². The molecule has 0 aliphatic heterocycles. The first-order valence-electron chi connectivity index (χ1n) is 39.7. The van der Waals surface area contributed by atoms with Crippen molar-refractivity contribution >= 4 is 23.9 Å². The Morgan fingerprint density at radius 1 is 0.237 bits per heavy atom. The van der Waals surface area contributed by atoms with E-state index in [9.17, 15) is 29.4 Å². The Bertz CT molecular complexity index is 1520. The molecule has 0 heterocycles. The van der Waals surface area contributed by atoms with Gasteiger partial charge < -0.3 is 33.9 Å². The van der Waals surface area contributed by atoms with E-state index in [0.29, 0.717) is 25.7 Å². The van der Waals surface area contributed by atoms with Crippen LogP contribution in [-0.4, -0.2) is 86.9 Å². The van der Waals surface area contributed by atoms with Crippen molar-refractivity contribution < 1.29 is 53.1 Å². The van der Waals surface area contributed by atoms with Gasteiger partial charge in [-0.2, -0.15) is 0 Å². The second-order valence-electron chi connectivity index (χ2n) is 27.8. The topological polar surface area (TPSA) is 155 Å². The summed E-state index contributed by atoms with van der Waals surface area (Å²) in [5, 5.41) is 22.1. The Labute approximate surface area is 573 Å². The van der Waals surface area contributed by atoms with E-state index in [2.05, 4.69) is 76.3 Å². The Morgan fingerprint density at radius 2 is 0.398 bits per heavy atom. The highest BCUT2D eigenvalue weighted by Crippen LogP contribution is 2.26. The number of rotatable bonds is 74. The molecule has 0 bridgehead atoms. The minimum Gasteiger partial charge on any atom is -0.465 e. The van der Waals surface area contributed by atoms with Crippen molar-refractivity contribution in [3.63, 3.8) is 0 Å². The maximum absolute atomic E-state index is 13.3. The first kappa shape index (κ1) is 89.7. The standard InChI is InChI=1S/C82H150O11/c1-5-9-13-17-21-25-29-33-37-41-45-49-53-57-61-65-77(85)90-73-81(69-83,74-91-78(86)66-62-58-54-50-46-42-38-34-30-26-22-18-14-10-6-2)71-89-72-82(70-84,75-92-79(87)67-63-59-55-51-47-43-39-35-31-27-23-19-15-11-7-3)76-93-80(88)68-64-60-56-52-48-44-40-36-32-28-24-20-16-12-8-4/h33-40,83-84H,5-32,41-76H2,1-4H3/b37-33-,38-34-,39-35-,40-36-. The molecule has 0 amide bonds. The normalized spacial score (nSPS) is 12.2. The van der Waals surface area contributed by atoms with Crippen molar-refractivity contribution in [2.75, 3.05) is 52.9 Å². The molecule has 0 aliphatic rings. The van der Waals surface area contributed by atoms with Gasteiger partial charge in [-0.1, -0.05) is 282 Å². The largest absolute Gasteiger partial charge is 0.465 e. The van der Waals surface area contributed by atoms with Crippen molar-refractivity contribution in [1.29, 1.82) is 0 Å². The van der Waals surface area contributed by atoms with E-state index < -0.39 is 47.9 Å². The van der Waals surface area contributed by atoms with Crippen LogP contribution in [0.5, 0.6) is 0 Å². The number of hydrogen-bond donors (Lipinski definition) is 2. The van der Waals surface area contributed by atoms with Gasteiger partial charge in [-0.3, -0.25) is 19.2 Å². The van der Waals surface area contributed by atoms with E-state index in [-0.39, 0.29) is 65.3 Å². The summed E-state index contributed by atoms with van der Waals surface area (Å²) in [6.07, 6.45) is 79.4. The number of hydrogen-bond acceptors (Lipinski definition) is 11. The van der Waals surface area contributed by atoms with E-state index in [1.54, 1.807) is 0 Å². The fourth-order valence-corrected chi connectivity index (χ4v) is 11.6. The van der Waals surface area contributed by atoms with Crippen LogP contribution in [0.25, 0.3) is 0 Å². The van der Waals surface area contributed by atoms with Gasteiger partial charge in [0.1, 0.15) is 26.4 Å². The number of allylic oxidation sites excluding steroid dienone is 8. The van der Waals surface area contributed by atoms with Crippen LogP contribution in [0.15, 0.2) is 48.6 Å². The zero-order valence-corrected chi connectivity index (χ0v) is 61.4. The fraction of sp³-hybridized carbons (Fsp3) is 0.854. The van der Waals surface area contributed by atoms with Crippen molar-refractivity contribution in [3.05, 3.63) is 48.6 Å². The lowest BCUT2D eigenvalue weighted by Gasteiger charge is -2.34. The number of aliphatic hydroxyl groups is 2. The van der Waals surface area contributed by atoms with Gasteiger partial charge in [0.15, 0.2) is 0 Å². The van der Waals surface area contributed by atoms with Gasteiger partial charge in [-0.15, -0.1) is 0 Å². The highest BCUT2D eigenvalue weighted by atomic mass is 16.6. The third kappa shape index (κ3) is 63.2. The van der Waals surface area contributed by atoms with Crippen LogP contribution in [0.4, 0.5) is 0 Å². The number of unbranched alkanes of at least 4 members (excludes halogenated alkanes) is 44. The molecule has 544 valence electrons. The predicted octanol–water partition coefficient (Wildman–Crippen LogP) is 23.3. The molecule has 0 rings (SSSR count). The lowest BCUT2D eigenvalue weighted by Crippen LogP contribution is -2.46. The highest BCUT2D eigenvalue weighted by Gasteiger charge is 2.38. The van der Waals surface area contributed by atoms with Crippen LogP contribution < -0.4 is 0 Å². The van der Waals surface area contributed by atoms with Gasteiger partial charge in [0.05, 0.1) is 37.3 Å². The van der Waals surface area contributed by atoms with E-state index in [1.165, 1.54) is 154 Å². The number of ether oxygens (including phenoxy) is 5. The fourth-order valence-electron chi connectivity index (χ4n) is 11.6. The number of esters is 4. The van der Waals surface area contributed by atoms with Crippen LogP contribution in [0.3, 0.4) is 0 Å². The molecule has 0 atom stereocenters. The van der Waals surface area contributed by atoms with Crippen LogP contribution in [0, 0.1) is 10.8 Å². The van der Waals surface area contributed by atoms with Crippen LogP contribution in [0.2, 0.25) is 0 Å². The maximum atomic E-state index is 13.3. The minimum atomic E-state index is -1.32. The molecular formula is C82H150O11. The van der Waals surface area contributed by atoms with Gasteiger partial charge in [0.2, 0.25) is 0 Å². The zero-order chi connectivity index (χ0) is 67.8. The SMILES string of the molecule is CCCCCCCC/C=C\CCCCCCCC(=O)OCC(CO)(COCC(CO)(COC(=O)CCCCCCC/C=C\CCCCCCCC)COC(=O)CCCCCCC/C=C\CCCCCCCC)COC(=O)CCCCCCC/C=C\CCCCCCCC. The van der Waals surface area contributed by atoms with E-state index >= 15 is 0 Å². The molecule has 0 aromatic carbocycles. The number of aliphatic hydroxyl groups excluding tert-OH is 2. The van der Waals surface area contributed by atoms with Gasteiger partial charge in [-0.25, -0.2) is 0 Å². The van der Waals surface area contributed by atoms with Gasteiger partial charge in [0, 0.05) is 25.7 Å². The molecular weight excluding hydrogens is 1160 g/mol. The number of carbonyl (C=O) groups is 4. The summed E-state index contributed by atoms with van der Waals surface area (Å²) in [6.45, 7) is 6.54. The Balaban J connectivity index is 5.70.